The van der Waals surface area contributed by atoms with Crippen LogP contribution in [-0.2, 0) is 4.79 Å². The molecule has 0 aromatic heterocycles. The molecule has 4 nitrogen and oxygen atoms in total. The zero-order chi connectivity index (χ0) is 16.1. The molecule has 22 heavy (non-hydrogen) atoms. The first-order chi connectivity index (χ1) is 10.5. The minimum Gasteiger partial charge on any atom is -0.481 e. The average molecular weight is 298 g/mol. The van der Waals surface area contributed by atoms with Crippen LogP contribution in [0.5, 0.6) is 5.75 Å². The van der Waals surface area contributed by atoms with Crippen molar-refractivity contribution in [1.82, 2.24) is 0 Å². The molecule has 0 aliphatic carbocycles. The Morgan fingerprint density at radius 3 is 2.64 bits per heavy atom. The van der Waals surface area contributed by atoms with E-state index in [-0.39, 0.29) is 5.91 Å². The number of nitrogens with two attached hydrogens (primary N) is 1. The highest BCUT2D eigenvalue weighted by Gasteiger charge is 2.19. The molecule has 2 aromatic rings. The van der Waals surface area contributed by atoms with Gasteiger partial charge in [0.05, 0.1) is 0 Å². The Morgan fingerprint density at radius 2 is 2.00 bits per heavy atom. The Morgan fingerprint density at radius 1 is 1.23 bits per heavy atom. The molecule has 0 radical (unpaired) electrons. The maximum Gasteiger partial charge on any atom is 0.265 e. The molecule has 0 heterocycles. The first-order valence-electron chi connectivity index (χ1n) is 7.40. The second-order valence-electron chi connectivity index (χ2n) is 5.39. The van der Waals surface area contributed by atoms with Gasteiger partial charge in [0, 0.05) is 11.4 Å². The summed E-state index contributed by atoms with van der Waals surface area (Å²) >= 11 is 0. The highest BCUT2D eigenvalue weighted by molar-refractivity contribution is 5.95. The van der Waals surface area contributed by atoms with Gasteiger partial charge in [-0.2, -0.15) is 0 Å². The Balaban J connectivity index is 2.08. The van der Waals surface area contributed by atoms with Crippen LogP contribution in [0.2, 0.25) is 0 Å². The number of amides is 1. The third-order valence-corrected chi connectivity index (χ3v) is 3.44. The largest absolute Gasteiger partial charge is 0.481 e. The third kappa shape index (κ3) is 4.01. The van der Waals surface area contributed by atoms with Gasteiger partial charge in [-0.15, -0.1) is 0 Å². The number of rotatable bonds is 5. The molecule has 2 aromatic carbocycles. The van der Waals surface area contributed by atoms with Gasteiger partial charge in [-0.25, -0.2) is 0 Å². The number of carbonyl (C=O) groups is 1. The predicted molar refractivity (Wildman–Crippen MR) is 90.1 cm³/mol. The van der Waals surface area contributed by atoms with Gasteiger partial charge in [-0.1, -0.05) is 19.1 Å². The summed E-state index contributed by atoms with van der Waals surface area (Å²) in [5.74, 6) is 0.549. The van der Waals surface area contributed by atoms with E-state index < -0.39 is 6.10 Å². The molecule has 0 spiro atoms. The first kappa shape index (κ1) is 15.9. The first-order valence-corrected chi connectivity index (χ1v) is 7.40. The van der Waals surface area contributed by atoms with Gasteiger partial charge < -0.3 is 15.8 Å². The van der Waals surface area contributed by atoms with E-state index in [1.165, 1.54) is 0 Å². The fourth-order valence-electron chi connectivity index (χ4n) is 2.22. The Labute approximate surface area is 131 Å². The summed E-state index contributed by atoms with van der Waals surface area (Å²) in [6.07, 6.45) is 0.0621. The van der Waals surface area contributed by atoms with E-state index >= 15 is 0 Å². The number of aryl methyl sites for hydroxylation is 2. The lowest BCUT2D eigenvalue weighted by Crippen LogP contribution is -2.32. The molecule has 0 saturated heterocycles. The van der Waals surface area contributed by atoms with Crippen molar-refractivity contribution in [2.24, 2.45) is 0 Å². The summed E-state index contributed by atoms with van der Waals surface area (Å²) in [6, 6.07) is 13.1. The summed E-state index contributed by atoms with van der Waals surface area (Å²) < 4.78 is 5.81. The van der Waals surface area contributed by atoms with Gasteiger partial charge in [0.1, 0.15) is 5.75 Å². The quantitative estimate of drug-likeness (QED) is 0.828. The molecule has 0 aliphatic rings. The van der Waals surface area contributed by atoms with Gasteiger partial charge in [-0.05, 0) is 61.7 Å². The van der Waals surface area contributed by atoms with E-state index in [2.05, 4.69) is 5.32 Å². The highest BCUT2D eigenvalue weighted by Crippen LogP contribution is 2.20. The van der Waals surface area contributed by atoms with Crippen LogP contribution in [0.3, 0.4) is 0 Å². The molecule has 1 atom stereocenters. The van der Waals surface area contributed by atoms with Crippen LogP contribution >= 0.6 is 0 Å². The SMILES string of the molecule is CC[C@@H](Oc1cccc(C)c1)C(=O)Nc1ccc(N)cc1C. The van der Waals surface area contributed by atoms with Crippen molar-refractivity contribution in [3.05, 3.63) is 53.6 Å². The maximum absolute atomic E-state index is 12.4. The lowest BCUT2D eigenvalue weighted by molar-refractivity contribution is -0.122. The molecule has 0 unspecified atom stereocenters. The normalized spacial score (nSPS) is 11.8. The lowest BCUT2D eigenvalue weighted by Gasteiger charge is -2.18. The molecular weight excluding hydrogens is 276 g/mol. The van der Waals surface area contributed by atoms with Crippen molar-refractivity contribution in [3.63, 3.8) is 0 Å². The molecule has 0 aliphatic heterocycles. The second-order valence-corrected chi connectivity index (χ2v) is 5.39. The predicted octanol–water partition coefficient (Wildman–Crippen LogP) is 3.68. The standard InChI is InChI=1S/C18H22N2O2/c1-4-17(22-15-7-5-6-12(2)10-15)18(21)20-16-9-8-14(19)11-13(16)3/h5-11,17H,4,19H2,1-3H3,(H,20,21)/t17-/m1/s1. The number of nitrogens with one attached hydrogen (secondary N) is 1. The number of ether oxygens (including phenoxy) is 1. The van der Waals surface area contributed by atoms with Gasteiger partial charge in [-0.3, -0.25) is 4.79 Å². The lowest BCUT2D eigenvalue weighted by atomic mass is 10.1. The van der Waals surface area contributed by atoms with Gasteiger partial charge in [0.2, 0.25) is 0 Å². The number of anilines is 2. The summed E-state index contributed by atoms with van der Waals surface area (Å²) in [6.45, 7) is 5.83. The van der Waals surface area contributed by atoms with Gasteiger partial charge >= 0.3 is 0 Å². The maximum atomic E-state index is 12.4. The highest BCUT2D eigenvalue weighted by atomic mass is 16.5. The van der Waals surface area contributed by atoms with Crippen molar-refractivity contribution in [2.75, 3.05) is 11.1 Å². The summed E-state index contributed by atoms with van der Waals surface area (Å²) in [5.41, 5.74) is 9.19. The second kappa shape index (κ2) is 6.98. The molecule has 0 saturated carbocycles. The van der Waals surface area contributed by atoms with Crippen LogP contribution in [0.1, 0.15) is 24.5 Å². The Kier molecular flexibility index (Phi) is 5.04. The van der Waals surface area contributed by atoms with E-state index in [9.17, 15) is 4.79 Å². The monoisotopic (exact) mass is 298 g/mol. The Hall–Kier alpha value is -2.49. The molecule has 116 valence electrons. The summed E-state index contributed by atoms with van der Waals surface area (Å²) in [5, 5.41) is 2.90. The van der Waals surface area contributed by atoms with E-state index in [0.29, 0.717) is 17.9 Å². The van der Waals surface area contributed by atoms with Crippen LogP contribution < -0.4 is 15.8 Å². The zero-order valence-corrected chi connectivity index (χ0v) is 13.2. The number of nitrogen functional groups attached to an aromatic ring is 1. The average Bonchev–Trinajstić information content (AvgIpc) is 2.47. The molecule has 4 heteroatoms. The minimum atomic E-state index is -0.529. The minimum absolute atomic E-state index is 0.156. The van der Waals surface area contributed by atoms with E-state index in [1.807, 2.05) is 57.2 Å². The van der Waals surface area contributed by atoms with Gasteiger partial charge in [0.25, 0.3) is 5.91 Å². The molecular formula is C18H22N2O2. The molecule has 0 bridgehead atoms. The van der Waals surface area contributed by atoms with E-state index in [1.54, 1.807) is 6.07 Å². The van der Waals surface area contributed by atoms with Crippen LogP contribution in [0.4, 0.5) is 11.4 Å². The van der Waals surface area contributed by atoms with Crippen molar-refractivity contribution in [1.29, 1.82) is 0 Å². The van der Waals surface area contributed by atoms with Crippen LogP contribution in [-0.4, -0.2) is 12.0 Å². The topological polar surface area (TPSA) is 64.3 Å². The molecule has 0 fully saturated rings. The van der Waals surface area contributed by atoms with Crippen molar-refractivity contribution >= 4 is 17.3 Å². The molecule has 2 rings (SSSR count). The van der Waals surface area contributed by atoms with Crippen molar-refractivity contribution in [2.45, 2.75) is 33.3 Å². The van der Waals surface area contributed by atoms with E-state index in [4.69, 9.17) is 10.5 Å². The number of carbonyl (C=O) groups excluding carboxylic acids is 1. The van der Waals surface area contributed by atoms with E-state index in [0.717, 1.165) is 16.8 Å². The van der Waals surface area contributed by atoms with Crippen LogP contribution in [0.25, 0.3) is 0 Å². The third-order valence-electron chi connectivity index (χ3n) is 3.44. The molecule has 1 amide bonds. The number of benzene rings is 2. The number of hydrogen-bond acceptors (Lipinski definition) is 3. The summed E-state index contributed by atoms with van der Waals surface area (Å²) in [7, 11) is 0. The fraction of sp³-hybridized carbons (Fsp3) is 0.278. The smallest absolute Gasteiger partial charge is 0.265 e. The summed E-state index contributed by atoms with van der Waals surface area (Å²) in [4.78, 5) is 12.4. The van der Waals surface area contributed by atoms with Crippen LogP contribution in [0, 0.1) is 13.8 Å². The number of hydrogen-bond donors (Lipinski definition) is 2. The van der Waals surface area contributed by atoms with Crippen molar-refractivity contribution < 1.29 is 9.53 Å². The molecule has 3 N–H and O–H groups in total. The van der Waals surface area contributed by atoms with Crippen LogP contribution in [0.15, 0.2) is 42.5 Å². The van der Waals surface area contributed by atoms with Gasteiger partial charge in [0.15, 0.2) is 6.10 Å². The Bertz CT molecular complexity index is 668. The van der Waals surface area contributed by atoms with Crippen molar-refractivity contribution in [3.8, 4) is 5.75 Å². The fourth-order valence-corrected chi connectivity index (χ4v) is 2.22. The zero-order valence-electron chi connectivity index (χ0n) is 13.2.